The van der Waals surface area contributed by atoms with Crippen LogP contribution in [0.25, 0.3) is 0 Å². The molecular weight excluding hydrogens is 194 g/mol. The zero-order valence-electron chi connectivity index (χ0n) is 9.40. The molecule has 0 aliphatic rings. The van der Waals surface area contributed by atoms with Crippen molar-refractivity contribution >= 4 is 0 Å². The van der Waals surface area contributed by atoms with Crippen molar-refractivity contribution in [3.63, 3.8) is 0 Å². The maximum absolute atomic E-state index is 5.40. The molecule has 5 nitrogen and oxygen atoms in total. The van der Waals surface area contributed by atoms with Crippen LogP contribution in [0.2, 0.25) is 0 Å². The Morgan fingerprint density at radius 2 is 2.27 bits per heavy atom. The van der Waals surface area contributed by atoms with Crippen molar-refractivity contribution in [3.05, 3.63) is 11.7 Å². The smallest absolute Gasteiger partial charge is 0.226 e. The fourth-order valence-electron chi connectivity index (χ4n) is 1.24. The van der Waals surface area contributed by atoms with Crippen molar-refractivity contribution in [1.82, 2.24) is 10.1 Å². The number of methoxy groups -OCH3 is 1. The number of unbranched alkanes of at least 4 members (excludes halogenated alkanes) is 1. The van der Waals surface area contributed by atoms with Crippen LogP contribution < -0.4 is 5.73 Å². The van der Waals surface area contributed by atoms with E-state index in [-0.39, 0.29) is 6.10 Å². The highest BCUT2D eigenvalue weighted by Crippen LogP contribution is 2.05. The summed E-state index contributed by atoms with van der Waals surface area (Å²) in [5.74, 6) is 1.41. The van der Waals surface area contributed by atoms with E-state index in [1.807, 2.05) is 6.92 Å². The third kappa shape index (κ3) is 4.40. The van der Waals surface area contributed by atoms with Gasteiger partial charge in [-0.3, -0.25) is 0 Å². The van der Waals surface area contributed by atoms with Crippen LogP contribution in [-0.4, -0.2) is 29.9 Å². The van der Waals surface area contributed by atoms with Gasteiger partial charge in [0.15, 0.2) is 5.82 Å². The monoisotopic (exact) mass is 213 g/mol. The molecule has 0 bridgehead atoms. The van der Waals surface area contributed by atoms with Crippen molar-refractivity contribution in [3.8, 4) is 0 Å². The van der Waals surface area contributed by atoms with E-state index >= 15 is 0 Å². The second-order valence-corrected chi connectivity index (χ2v) is 3.60. The van der Waals surface area contributed by atoms with Crippen LogP contribution in [0.1, 0.15) is 31.5 Å². The molecule has 0 aliphatic heterocycles. The highest BCUT2D eigenvalue weighted by atomic mass is 16.5. The number of nitrogens with zero attached hydrogens (tertiary/aromatic N) is 2. The molecule has 0 aliphatic carbocycles. The molecule has 1 aromatic heterocycles. The number of hydrogen-bond donors (Lipinski definition) is 1. The second-order valence-electron chi connectivity index (χ2n) is 3.60. The minimum absolute atomic E-state index is 0.125. The summed E-state index contributed by atoms with van der Waals surface area (Å²) >= 11 is 0. The summed E-state index contributed by atoms with van der Waals surface area (Å²) in [4.78, 5) is 4.27. The molecular formula is C10H19N3O2. The Morgan fingerprint density at radius 1 is 1.47 bits per heavy atom. The summed E-state index contributed by atoms with van der Waals surface area (Å²) in [7, 11) is 1.67. The van der Waals surface area contributed by atoms with Crippen molar-refractivity contribution in [2.45, 2.75) is 38.7 Å². The zero-order chi connectivity index (χ0) is 11.1. The van der Waals surface area contributed by atoms with Gasteiger partial charge in [-0.05, 0) is 26.3 Å². The lowest BCUT2D eigenvalue weighted by molar-refractivity contribution is 0.116. The number of hydrogen-bond acceptors (Lipinski definition) is 5. The van der Waals surface area contributed by atoms with Gasteiger partial charge in [0.05, 0.1) is 6.10 Å². The first-order valence-corrected chi connectivity index (χ1v) is 5.30. The van der Waals surface area contributed by atoms with Crippen LogP contribution >= 0.6 is 0 Å². The molecule has 1 aromatic rings. The molecule has 0 radical (unpaired) electrons. The van der Waals surface area contributed by atoms with Crippen LogP contribution in [0, 0.1) is 0 Å². The third-order valence-electron chi connectivity index (χ3n) is 2.23. The number of aromatic nitrogens is 2. The Kier molecular flexibility index (Phi) is 5.28. The first-order chi connectivity index (χ1) is 7.26. The molecule has 0 spiro atoms. The van der Waals surface area contributed by atoms with E-state index in [0.717, 1.165) is 19.3 Å². The van der Waals surface area contributed by atoms with E-state index in [0.29, 0.717) is 24.7 Å². The normalized spacial score (nSPS) is 13.0. The minimum Gasteiger partial charge on any atom is -0.381 e. The van der Waals surface area contributed by atoms with Gasteiger partial charge < -0.3 is 15.0 Å². The Bertz CT molecular complexity index is 275. The molecule has 1 heterocycles. The Balaban J connectivity index is 2.35. The van der Waals surface area contributed by atoms with Crippen LogP contribution in [0.4, 0.5) is 0 Å². The van der Waals surface area contributed by atoms with Crippen molar-refractivity contribution in [2.75, 3.05) is 13.7 Å². The maximum atomic E-state index is 5.40. The molecule has 86 valence electrons. The van der Waals surface area contributed by atoms with Crippen LogP contribution in [0.5, 0.6) is 0 Å². The highest BCUT2D eigenvalue weighted by molar-refractivity contribution is 4.88. The topological polar surface area (TPSA) is 74.2 Å². The molecule has 1 atom stereocenters. The maximum Gasteiger partial charge on any atom is 0.226 e. The lowest BCUT2D eigenvalue weighted by atomic mass is 10.2. The number of aryl methyl sites for hydroxylation is 1. The van der Waals surface area contributed by atoms with E-state index in [1.165, 1.54) is 0 Å². The van der Waals surface area contributed by atoms with Crippen LogP contribution in [0.15, 0.2) is 4.52 Å². The molecule has 1 rings (SSSR count). The van der Waals surface area contributed by atoms with Gasteiger partial charge in [0.1, 0.15) is 0 Å². The summed E-state index contributed by atoms with van der Waals surface area (Å²) in [6, 6.07) is 0. The molecule has 0 fully saturated rings. The molecule has 0 amide bonds. The summed E-state index contributed by atoms with van der Waals surface area (Å²) in [6.45, 7) is 2.69. The number of ether oxygens (including phenoxy) is 1. The average Bonchev–Trinajstić information content (AvgIpc) is 2.66. The molecule has 15 heavy (non-hydrogen) atoms. The van der Waals surface area contributed by atoms with Gasteiger partial charge in [0.2, 0.25) is 5.89 Å². The fraction of sp³-hybridized carbons (Fsp3) is 0.800. The summed E-state index contributed by atoms with van der Waals surface area (Å²) in [5, 5.41) is 3.89. The summed E-state index contributed by atoms with van der Waals surface area (Å²) in [5.41, 5.74) is 5.40. The Labute approximate surface area is 90.0 Å². The fourth-order valence-corrected chi connectivity index (χ4v) is 1.24. The van der Waals surface area contributed by atoms with E-state index < -0.39 is 0 Å². The molecule has 0 aromatic carbocycles. The quantitative estimate of drug-likeness (QED) is 0.682. The summed E-state index contributed by atoms with van der Waals surface area (Å²) < 4.78 is 10.2. The van der Waals surface area contributed by atoms with Gasteiger partial charge in [0, 0.05) is 20.0 Å². The SMILES string of the molecule is COC(C)Cc1noc(CCCCN)n1. The van der Waals surface area contributed by atoms with Crippen molar-refractivity contribution < 1.29 is 9.26 Å². The van der Waals surface area contributed by atoms with Gasteiger partial charge in [-0.25, -0.2) is 0 Å². The van der Waals surface area contributed by atoms with E-state index in [1.54, 1.807) is 7.11 Å². The molecule has 1 unspecified atom stereocenters. The average molecular weight is 213 g/mol. The number of rotatable bonds is 7. The molecule has 2 N–H and O–H groups in total. The predicted molar refractivity (Wildman–Crippen MR) is 56.5 cm³/mol. The van der Waals surface area contributed by atoms with Gasteiger partial charge in [0.25, 0.3) is 0 Å². The molecule has 0 saturated carbocycles. The van der Waals surface area contributed by atoms with Gasteiger partial charge in [-0.15, -0.1) is 0 Å². The van der Waals surface area contributed by atoms with Gasteiger partial charge in [-0.1, -0.05) is 5.16 Å². The highest BCUT2D eigenvalue weighted by Gasteiger charge is 2.09. The largest absolute Gasteiger partial charge is 0.381 e. The van der Waals surface area contributed by atoms with Crippen molar-refractivity contribution in [2.24, 2.45) is 5.73 Å². The third-order valence-corrected chi connectivity index (χ3v) is 2.23. The van der Waals surface area contributed by atoms with Crippen LogP contribution in [0.3, 0.4) is 0 Å². The zero-order valence-corrected chi connectivity index (χ0v) is 9.40. The lowest BCUT2D eigenvalue weighted by Crippen LogP contribution is -2.09. The van der Waals surface area contributed by atoms with Crippen molar-refractivity contribution in [1.29, 1.82) is 0 Å². The van der Waals surface area contributed by atoms with Crippen LogP contribution in [-0.2, 0) is 17.6 Å². The van der Waals surface area contributed by atoms with E-state index in [2.05, 4.69) is 10.1 Å². The van der Waals surface area contributed by atoms with E-state index in [4.69, 9.17) is 15.0 Å². The lowest BCUT2D eigenvalue weighted by Gasteiger charge is -2.03. The first kappa shape index (κ1) is 12.1. The Hall–Kier alpha value is -0.940. The Morgan fingerprint density at radius 3 is 2.93 bits per heavy atom. The van der Waals surface area contributed by atoms with E-state index in [9.17, 15) is 0 Å². The number of nitrogens with two attached hydrogens (primary N) is 1. The standard InChI is InChI=1S/C10H19N3O2/c1-8(14-2)7-9-12-10(15-13-9)5-3-4-6-11/h8H,3-7,11H2,1-2H3. The molecule has 0 saturated heterocycles. The molecule has 5 heteroatoms. The predicted octanol–water partition coefficient (Wildman–Crippen LogP) is 0.928. The van der Waals surface area contributed by atoms with Gasteiger partial charge >= 0.3 is 0 Å². The first-order valence-electron chi connectivity index (χ1n) is 5.30. The van der Waals surface area contributed by atoms with Gasteiger partial charge in [-0.2, -0.15) is 4.98 Å². The minimum atomic E-state index is 0.125. The summed E-state index contributed by atoms with van der Waals surface area (Å²) in [6.07, 6.45) is 3.62. The second kappa shape index (κ2) is 6.53.